The van der Waals surface area contributed by atoms with Gasteiger partial charge in [0.1, 0.15) is 0 Å². The molecule has 0 aromatic rings. The van der Waals surface area contributed by atoms with Gasteiger partial charge in [-0.3, -0.25) is 9.69 Å². The van der Waals surface area contributed by atoms with Gasteiger partial charge in [-0.25, -0.2) is 0 Å². The monoisotopic (exact) mass is 155 g/mol. The van der Waals surface area contributed by atoms with Gasteiger partial charge in [0, 0.05) is 18.6 Å². The van der Waals surface area contributed by atoms with Crippen molar-refractivity contribution >= 4 is 5.97 Å². The Morgan fingerprint density at radius 2 is 2.18 bits per heavy atom. The molecule has 0 aromatic heterocycles. The Hall–Kier alpha value is -0.570. The quantitative estimate of drug-likeness (QED) is 0.652. The maximum absolute atomic E-state index is 10.4. The molecule has 1 atom stereocenters. The van der Waals surface area contributed by atoms with Gasteiger partial charge in [0.2, 0.25) is 0 Å². The van der Waals surface area contributed by atoms with E-state index in [4.69, 9.17) is 5.11 Å². The zero-order valence-corrected chi connectivity index (χ0v) is 6.49. The van der Waals surface area contributed by atoms with Crippen LogP contribution in [0.5, 0.6) is 0 Å². The van der Waals surface area contributed by atoms with E-state index < -0.39 is 5.97 Å². The molecule has 1 saturated carbocycles. The zero-order chi connectivity index (χ0) is 7.84. The predicted molar refractivity (Wildman–Crippen MR) is 40.4 cm³/mol. The van der Waals surface area contributed by atoms with Crippen molar-refractivity contribution in [2.75, 3.05) is 6.54 Å². The van der Waals surface area contributed by atoms with E-state index in [2.05, 4.69) is 4.90 Å². The lowest BCUT2D eigenvalue weighted by Crippen LogP contribution is -2.49. The van der Waals surface area contributed by atoms with E-state index in [0.717, 1.165) is 19.0 Å². The summed E-state index contributed by atoms with van der Waals surface area (Å²) in [4.78, 5) is 12.7. The van der Waals surface area contributed by atoms with Crippen LogP contribution in [-0.4, -0.2) is 34.6 Å². The first kappa shape index (κ1) is 7.10. The predicted octanol–water partition coefficient (Wildman–Crippen LogP) is 0.698. The lowest BCUT2D eigenvalue weighted by molar-refractivity contribution is -0.139. The van der Waals surface area contributed by atoms with Crippen molar-refractivity contribution in [1.29, 1.82) is 0 Å². The molecule has 2 rings (SSSR count). The van der Waals surface area contributed by atoms with Crippen LogP contribution in [-0.2, 0) is 4.79 Å². The van der Waals surface area contributed by atoms with E-state index in [0.29, 0.717) is 12.5 Å². The van der Waals surface area contributed by atoms with Gasteiger partial charge in [-0.15, -0.1) is 0 Å². The molecule has 1 aliphatic heterocycles. The van der Waals surface area contributed by atoms with Crippen LogP contribution < -0.4 is 0 Å². The number of carboxylic acid groups (broad SMARTS) is 1. The van der Waals surface area contributed by atoms with Gasteiger partial charge < -0.3 is 5.11 Å². The lowest BCUT2D eigenvalue weighted by atomic mass is 9.99. The molecule has 2 aliphatic rings. The second-order valence-electron chi connectivity index (χ2n) is 3.51. The molecule has 1 unspecified atom stereocenters. The fourth-order valence-corrected chi connectivity index (χ4v) is 1.77. The van der Waals surface area contributed by atoms with E-state index in [1.54, 1.807) is 0 Å². The highest BCUT2D eigenvalue weighted by Crippen LogP contribution is 2.35. The number of carbonyl (C=O) groups is 1. The van der Waals surface area contributed by atoms with Crippen LogP contribution >= 0.6 is 0 Å². The number of hydrogen-bond acceptors (Lipinski definition) is 2. The first-order chi connectivity index (χ1) is 5.27. The fourth-order valence-electron chi connectivity index (χ4n) is 1.77. The van der Waals surface area contributed by atoms with Gasteiger partial charge in [0.15, 0.2) is 0 Å². The lowest BCUT2D eigenvalue weighted by Gasteiger charge is -2.40. The van der Waals surface area contributed by atoms with Crippen molar-refractivity contribution in [2.45, 2.75) is 37.8 Å². The molecule has 0 spiro atoms. The van der Waals surface area contributed by atoms with E-state index in [1.165, 1.54) is 12.8 Å². The molecule has 0 radical (unpaired) electrons. The Bertz CT molecular complexity index is 177. The number of carboxylic acids is 1. The Labute approximate surface area is 66.0 Å². The first-order valence-corrected chi connectivity index (χ1v) is 4.25. The molecule has 1 heterocycles. The van der Waals surface area contributed by atoms with Crippen molar-refractivity contribution in [3.63, 3.8) is 0 Å². The van der Waals surface area contributed by atoms with Gasteiger partial charge in [0.25, 0.3) is 0 Å². The molecular formula is C8H13NO2. The molecule has 2 fully saturated rings. The second kappa shape index (κ2) is 2.48. The third kappa shape index (κ3) is 1.38. The summed E-state index contributed by atoms with van der Waals surface area (Å²) >= 11 is 0. The molecule has 3 heteroatoms. The summed E-state index contributed by atoms with van der Waals surface area (Å²) in [5, 5.41) is 8.54. The van der Waals surface area contributed by atoms with Gasteiger partial charge in [0.05, 0.1) is 6.42 Å². The SMILES string of the molecule is O=C(O)CC1CCN1C1CC1. The van der Waals surface area contributed by atoms with Crippen molar-refractivity contribution in [3.05, 3.63) is 0 Å². The molecule has 62 valence electrons. The Morgan fingerprint density at radius 3 is 2.55 bits per heavy atom. The van der Waals surface area contributed by atoms with E-state index >= 15 is 0 Å². The van der Waals surface area contributed by atoms with Crippen molar-refractivity contribution in [1.82, 2.24) is 4.90 Å². The zero-order valence-electron chi connectivity index (χ0n) is 6.49. The van der Waals surface area contributed by atoms with Crippen molar-refractivity contribution < 1.29 is 9.90 Å². The molecule has 3 nitrogen and oxygen atoms in total. The molecular weight excluding hydrogens is 142 g/mol. The summed E-state index contributed by atoms with van der Waals surface area (Å²) in [5.74, 6) is -0.652. The maximum atomic E-state index is 10.4. The van der Waals surface area contributed by atoms with Crippen LogP contribution in [0.4, 0.5) is 0 Å². The van der Waals surface area contributed by atoms with Crippen LogP contribution in [0.25, 0.3) is 0 Å². The molecule has 1 aliphatic carbocycles. The second-order valence-corrected chi connectivity index (χ2v) is 3.51. The highest BCUT2D eigenvalue weighted by atomic mass is 16.4. The van der Waals surface area contributed by atoms with Crippen LogP contribution in [0.3, 0.4) is 0 Å². The molecule has 0 aromatic carbocycles. The Kier molecular flexibility index (Phi) is 1.60. The van der Waals surface area contributed by atoms with Gasteiger partial charge >= 0.3 is 5.97 Å². The first-order valence-electron chi connectivity index (χ1n) is 4.25. The van der Waals surface area contributed by atoms with Gasteiger partial charge in [-0.05, 0) is 19.3 Å². The largest absolute Gasteiger partial charge is 0.481 e. The number of aliphatic carboxylic acids is 1. The molecule has 1 N–H and O–H groups in total. The molecule has 0 bridgehead atoms. The third-order valence-corrected chi connectivity index (χ3v) is 2.62. The van der Waals surface area contributed by atoms with E-state index in [9.17, 15) is 4.79 Å². The summed E-state index contributed by atoms with van der Waals surface area (Å²) in [5.41, 5.74) is 0. The molecule has 0 amide bonds. The fraction of sp³-hybridized carbons (Fsp3) is 0.875. The van der Waals surface area contributed by atoms with Crippen molar-refractivity contribution in [3.8, 4) is 0 Å². The van der Waals surface area contributed by atoms with Crippen LogP contribution in [0.2, 0.25) is 0 Å². The number of hydrogen-bond donors (Lipinski definition) is 1. The maximum Gasteiger partial charge on any atom is 0.304 e. The number of rotatable bonds is 3. The van der Waals surface area contributed by atoms with Crippen LogP contribution in [0.1, 0.15) is 25.7 Å². The average molecular weight is 155 g/mol. The highest BCUT2D eigenvalue weighted by molar-refractivity contribution is 5.67. The molecule has 1 saturated heterocycles. The van der Waals surface area contributed by atoms with Gasteiger partial charge in [-0.2, -0.15) is 0 Å². The average Bonchev–Trinajstić information content (AvgIpc) is 2.64. The Morgan fingerprint density at radius 1 is 1.45 bits per heavy atom. The van der Waals surface area contributed by atoms with E-state index in [1.807, 2.05) is 0 Å². The van der Waals surface area contributed by atoms with Gasteiger partial charge in [-0.1, -0.05) is 0 Å². The number of likely N-dealkylation sites (tertiary alicyclic amines) is 1. The Balaban J connectivity index is 1.80. The van der Waals surface area contributed by atoms with E-state index in [-0.39, 0.29) is 0 Å². The summed E-state index contributed by atoms with van der Waals surface area (Å²) in [7, 11) is 0. The minimum Gasteiger partial charge on any atom is -0.481 e. The van der Waals surface area contributed by atoms with Crippen molar-refractivity contribution in [2.24, 2.45) is 0 Å². The summed E-state index contributed by atoms with van der Waals surface area (Å²) in [6.45, 7) is 1.13. The normalized spacial score (nSPS) is 31.5. The minimum absolute atomic E-state index is 0.344. The smallest absolute Gasteiger partial charge is 0.304 e. The topological polar surface area (TPSA) is 40.5 Å². The van der Waals surface area contributed by atoms with Crippen LogP contribution in [0, 0.1) is 0 Å². The summed E-state index contributed by atoms with van der Waals surface area (Å²) < 4.78 is 0. The van der Waals surface area contributed by atoms with Crippen LogP contribution in [0.15, 0.2) is 0 Å². The standard InChI is InChI=1S/C8H13NO2/c10-8(11)5-7-3-4-9(7)6-1-2-6/h6-7H,1-5H2,(H,10,11). The summed E-state index contributed by atoms with van der Waals surface area (Å²) in [6, 6.07) is 1.10. The third-order valence-electron chi connectivity index (χ3n) is 2.62. The number of nitrogens with zero attached hydrogens (tertiary/aromatic N) is 1. The highest BCUT2D eigenvalue weighted by Gasteiger charge is 2.39. The molecule has 11 heavy (non-hydrogen) atoms. The summed E-state index contributed by atoms with van der Waals surface area (Å²) in [6.07, 6.45) is 4.01. The minimum atomic E-state index is -0.652.